The first kappa shape index (κ1) is 23.2. The number of esters is 1. The van der Waals surface area contributed by atoms with Crippen LogP contribution in [0.25, 0.3) is 11.3 Å². The van der Waals surface area contributed by atoms with Crippen LogP contribution >= 0.6 is 11.8 Å². The van der Waals surface area contributed by atoms with E-state index in [1.807, 2.05) is 6.07 Å². The number of rotatable bonds is 8. The summed E-state index contributed by atoms with van der Waals surface area (Å²) in [6.45, 7) is 1.90. The number of hydrogen-bond donors (Lipinski definition) is 1. The van der Waals surface area contributed by atoms with E-state index in [-0.39, 0.29) is 39.2 Å². The minimum Gasteiger partial charge on any atom is -0.465 e. The molecule has 1 heterocycles. The van der Waals surface area contributed by atoms with E-state index in [9.17, 15) is 22.9 Å². The number of sulfonamides is 1. The third-order valence-corrected chi connectivity index (χ3v) is 6.50. The number of pyridine rings is 1. The van der Waals surface area contributed by atoms with Crippen molar-refractivity contribution in [3.05, 3.63) is 72.0 Å². The molecule has 0 atom stereocenters. The Kier molecular flexibility index (Phi) is 7.45. The number of aromatic nitrogens is 1. The summed E-state index contributed by atoms with van der Waals surface area (Å²) in [4.78, 5) is 16.2. The van der Waals surface area contributed by atoms with Gasteiger partial charge < -0.3 is 4.74 Å². The average molecular weight is 472 g/mol. The summed E-state index contributed by atoms with van der Waals surface area (Å²) >= 11 is 0.995. The Morgan fingerprint density at radius 2 is 1.88 bits per heavy atom. The minimum absolute atomic E-state index is 0.0318. The van der Waals surface area contributed by atoms with Crippen molar-refractivity contribution in [1.82, 2.24) is 4.98 Å². The second-order valence-corrected chi connectivity index (χ2v) is 9.01. The summed E-state index contributed by atoms with van der Waals surface area (Å²) in [5.41, 5.74) is 0.753. The molecular formula is C22H18FN3O4S2. The van der Waals surface area contributed by atoms with Crippen LogP contribution < -0.4 is 4.72 Å². The number of nitriles is 1. The van der Waals surface area contributed by atoms with Crippen LogP contribution in [-0.2, 0) is 19.6 Å². The van der Waals surface area contributed by atoms with Gasteiger partial charge in [-0.1, -0.05) is 30.0 Å². The molecule has 164 valence electrons. The summed E-state index contributed by atoms with van der Waals surface area (Å²) < 4.78 is 46.5. The summed E-state index contributed by atoms with van der Waals surface area (Å²) in [6, 6.07) is 16.4. The van der Waals surface area contributed by atoms with Crippen molar-refractivity contribution in [2.45, 2.75) is 16.8 Å². The lowest BCUT2D eigenvalue weighted by Gasteiger charge is -2.15. The van der Waals surface area contributed by atoms with E-state index in [1.54, 1.807) is 25.1 Å². The highest BCUT2D eigenvalue weighted by molar-refractivity contribution is 8.00. The molecule has 0 saturated heterocycles. The first-order valence-electron chi connectivity index (χ1n) is 9.41. The van der Waals surface area contributed by atoms with Crippen molar-refractivity contribution in [2.75, 3.05) is 17.1 Å². The molecule has 0 aliphatic carbocycles. The van der Waals surface area contributed by atoms with Gasteiger partial charge in [0.05, 0.1) is 34.2 Å². The Morgan fingerprint density at radius 3 is 2.50 bits per heavy atom. The monoisotopic (exact) mass is 471 g/mol. The Hall–Kier alpha value is -3.42. The second-order valence-electron chi connectivity index (χ2n) is 6.37. The molecule has 1 N–H and O–H groups in total. The molecule has 0 bridgehead atoms. The van der Waals surface area contributed by atoms with Crippen molar-refractivity contribution in [3.63, 3.8) is 0 Å². The third kappa shape index (κ3) is 5.63. The van der Waals surface area contributed by atoms with Crippen LogP contribution in [0, 0.1) is 17.1 Å². The normalized spacial score (nSPS) is 10.9. The fraction of sp³-hybridized carbons (Fsp3) is 0.136. The van der Waals surface area contributed by atoms with E-state index in [2.05, 4.69) is 9.71 Å². The molecule has 0 aliphatic heterocycles. The average Bonchev–Trinajstić information content (AvgIpc) is 2.79. The summed E-state index contributed by atoms with van der Waals surface area (Å²) in [5, 5.41) is 9.80. The third-order valence-electron chi connectivity index (χ3n) is 4.16. The van der Waals surface area contributed by atoms with E-state index in [4.69, 9.17) is 4.74 Å². The lowest BCUT2D eigenvalue weighted by Crippen LogP contribution is -2.14. The maximum atomic E-state index is 13.4. The number of halogens is 1. The van der Waals surface area contributed by atoms with Crippen molar-refractivity contribution in [2.24, 2.45) is 0 Å². The fourth-order valence-corrected chi connectivity index (χ4v) is 4.56. The molecule has 3 rings (SSSR count). The maximum absolute atomic E-state index is 13.4. The van der Waals surface area contributed by atoms with Crippen LogP contribution in [0.3, 0.4) is 0 Å². The van der Waals surface area contributed by atoms with E-state index in [0.717, 1.165) is 11.8 Å². The number of thioether (sulfide) groups is 1. The van der Waals surface area contributed by atoms with Crippen LogP contribution in [0.1, 0.15) is 12.5 Å². The van der Waals surface area contributed by atoms with Gasteiger partial charge >= 0.3 is 5.97 Å². The highest BCUT2D eigenvalue weighted by Crippen LogP contribution is 2.33. The van der Waals surface area contributed by atoms with Gasteiger partial charge in [0, 0.05) is 5.56 Å². The number of carbonyl (C=O) groups excluding carboxylic acids is 1. The number of hydrogen-bond acceptors (Lipinski definition) is 7. The lowest BCUT2D eigenvalue weighted by molar-refractivity contribution is -0.139. The largest absolute Gasteiger partial charge is 0.465 e. The quantitative estimate of drug-likeness (QED) is 0.387. The Morgan fingerprint density at radius 1 is 1.19 bits per heavy atom. The molecule has 0 fully saturated rings. The summed E-state index contributed by atoms with van der Waals surface area (Å²) in [7, 11) is -3.98. The topological polar surface area (TPSA) is 109 Å². The zero-order chi connectivity index (χ0) is 23.1. The Balaban J connectivity index is 2.07. The highest BCUT2D eigenvalue weighted by Gasteiger charge is 2.21. The van der Waals surface area contributed by atoms with Crippen LogP contribution in [0.2, 0.25) is 0 Å². The van der Waals surface area contributed by atoms with Crippen molar-refractivity contribution in [3.8, 4) is 17.3 Å². The van der Waals surface area contributed by atoms with Crippen molar-refractivity contribution in [1.29, 1.82) is 5.26 Å². The Bertz CT molecular complexity index is 1260. The lowest BCUT2D eigenvalue weighted by atomic mass is 10.1. The summed E-state index contributed by atoms with van der Waals surface area (Å²) in [6.07, 6.45) is 0. The molecular weight excluding hydrogens is 453 g/mol. The predicted molar refractivity (Wildman–Crippen MR) is 119 cm³/mol. The SMILES string of the molecule is CCOC(=O)CSc1nc(-c2ccc(F)cc2)c(NS(=O)(=O)c2ccccc2)cc1C#N. The highest BCUT2D eigenvalue weighted by atomic mass is 32.2. The van der Waals surface area contributed by atoms with E-state index in [1.165, 1.54) is 42.5 Å². The van der Waals surface area contributed by atoms with E-state index < -0.39 is 21.8 Å². The number of anilines is 1. The molecule has 0 aliphatic rings. The second kappa shape index (κ2) is 10.3. The van der Waals surface area contributed by atoms with Gasteiger partial charge in [0.15, 0.2) is 0 Å². The van der Waals surface area contributed by atoms with Crippen molar-refractivity contribution >= 4 is 33.4 Å². The molecule has 1 aromatic heterocycles. The molecule has 3 aromatic rings. The van der Waals surface area contributed by atoms with Gasteiger partial charge in [0.1, 0.15) is 16.9 Å². The van der Waals surface area contributed by atoms with Crippen LogP contribution in [0.15, 0.2) is 70.6 Å². The molecule has 0 spiro atoms. The number of nitrogens with one attached hydrogen (secondary N) is 1. The minimum atomic E-state index is -3.98. The van der Waals surface area contributed by atoms with Crippen LogP contribution in [0.5, 0.6) is 0 Å². The molecule has 0 amide bonds. The van der Waals surface area contributed by atoms with E-state index >= 15 is 0 Å². The fourth-order valence-electron chi connectivity index (χ4n) is 2.73. The van der Waals surface area contributed by atoms with Crippen LogP contribution in [0.4, 0.5) is 10.1 Å². The molecule has 10 heteroatoms. The first-order valence-corrected chi connectivity index (χ1v) is 11.9. The van der Waals surface area contributed by atoms with E-state index in [0.29, 0.717) is 5.56 Å². The summed E-state index contributed by atoms with van der Waals surface area (Å²) in [5.74, 6) is -1.01. The zero-order valence-electron chi connectivity index (χ0n) is 16.9. The van der Waals surface area contributed by atoms with Gasteiger partial charge in [-0.05, 0) is 49.4 Å². The number of ether oxygens (including phenoxy) is 1. The molecule has 32 heavy (non-hydrogen) atoms. The Labute approximate surface area is 189 Å². The predicted octanol–water partition coefficient (Wildman–Crippen LogP) is 4.22. The number of benzene rings is 2. The van der Waals surface area contributed by atoms with Gasteiger partial charge in [-0.15, -0.1) is 0 Å². The first-order chi connectivity index (χ1) is 15.3. The van der Waals surface area contributed by atoms with Crippen LogP contribution in [-0.4, -0.2) is 31.7 Å². The van der Waals surface area contributed by atoms with Gasteiger partial charge in [0.2, 0.25) is 0 Å². The van der Waals surface area contributed by atoms with Gasteiger partial charge in [-0.3, -0.25) is 9.52 Å². The smallest absolute Gasteiger partial charge is 0.316 e. The molecule has 0 saturated carbocycles. The standard InChI is InChI=1S/C22H18FN3O4S2/c1-2-30-20(27)14-31-22-16(13-24)12-19(21(25-22)15-8-10-17(23)11-9-15)26-32(28,29)18-6-4-3-5-7-18/h3-12,26H,2,14H2,1H3. The molecule has 0 radical (unpaired) electrons. The van der Waals surface area contributed by atoms with Gasteiger partial charge in [-0.2, -0.15) is 5.26 Å². The number of carbonyl (C=O) groups is 1. The zero-order valence-corrected chi connectivity index (χ0v) is 18.5. The van der Waals surface area contributed by atoms with Gasteiger partial charge in [-0.25, -0.2) is 17.8 Å². The molecule has 2 aromatic carbocycles. The number of nitrogens with zero attached hydrogens (tertiary/aromatic N) is 2. The molecule has 0 unspecified atom stereocenters. The van der Waals surface area contributed by atoms with Gasteiger partial charge in [0.25, 0.3) is 10.0 Å². The maximum Gasteiger partial charge on any atom is 0.316 e. The molecule has 7 nitrogen and oxygen atoms in total. The van der Waals surface area contributed by atoms with Crippen molar-refractivity contribution < 1.29 is 22.3 Å².